The summed E-state index contributed by atoms with van der Waals surface area (Å²) in [6.45, 7) is 5.68. The molecule has 16 heavy (non-hydrogen) atoms. The molecule has 0 aliphatic carbocycles. The Morgan fingerprint density at radius 1 is 1.56 bits per heavy atom. The maximum atomic E-state index is 11.5. The Morgan fingerprint density at radius 3 is 2.75 bits per heavy atom. The minimum atomic E-state index is -0.513. The molecule has 0 aliphatic rings. The zero-order chi connectivity index (χ0) is 12.0. The van der Waals surface area contributed by atoms with Gasteiger partial charge >= 0.3 is 0 Å². The number of hydrogen-bond acceptors (Lipinski definition) is 2. The van der Waals surface area contributed by atoms with Gasteiger partial charge in [-0.25, -0.2) is 0 Å². The summed E-state index contributed by atoms with van der Waals surface area (Å²) in [5.41, 5.74) is 0. The average Bonchev–Trinajstić information content (AvgIpc) is 2.29. The Labute approximate surface area is 104 Å². The van der Waals surface area contributed by atoms with E-state index in [-0.39, 0.29) is 5.91 Å². The molecule has 1 aromatic carbocycles. The average molecular weight is 284 g/mol. The molecule has 0 fully saturated rings. The molecule has 0 heterocycles. The lowest BCUT2D eigenvalue weighted by Gasteiger charge is -2.13. The highest BCUT2D eigenvalue weighted by atomic mass is 79.9. The van der Waals surface area contributed by atoms with Gasteiger partial charge in [-0.3, -0.25) is 4.79 Å². The van der Waals surface area contributed by atoms with Crippen LogP contribution in [0.3, 0.4) is 0 Å². The first-order valence-electron chi connectivity index (χ1n) is 4.94. The maximum absolute atomic E-state index is 11.5. The van der Waals surface area contributed by atoms with Crippen LogP contribution in [0.4, 0.5) is 0 Å². The molecule has 0 bridgehead atoms. The van der Waals surface area contributed by atoms with Gasteiger partial charge in [-0.05, 0) is 31.2 Å². The first-order chi connectivity index (χ1) is 7.63. The summed E-state index contributed by atoms with van der Waals surface area (Å²) in [6.07, 6.45) is 1.12. The van der Waals surface area contributed by atoms with Crippen LogP contribution in [0, 0.1) is 0 Å². The molecule has 0 spiro atoms. The lowest BCUT2D eigenvalue weighted by atomic mass is 10.3. The lowest BCUT2D eigenvalue weighted by molar-refractivity contribution is -0.127. The second-order valence-electron chi connectivity index (χ2n) is 3.25. The molecule has 0 saturated heterocycles. The molecule has 0 radical (unpaired) electrons. The molecule has 1 N–H and O–H groups in total. The van der Waals surface area contributed by atoms with Gasteiger partial charge in [-0.15, -0.1) is 6.58 Å². The second kappa shape index (κ2) is 6.33. The van der Waals surface area contributed by atoms with Gasteiger partial charge in [-0.2, -0.15) is 0 Å². The van der Waals surface area contributed by atoms with Crippen LogP contribution >= 0.6 is 15.9 Å². The number of hydrogen-bond donors (Lipinski definition) is 1. The number of carbonyl (C=O) groups excluding carboxylic acids is 1. The van der Waals surface area contributed by atoms with Gasteiger partial charge in [0.2, 0.25) is 0 Å². The Morgan fingerprint density at radius 2 is 2.19 bits per heavy atom. The summed E-state index contributed by atoms with van der Waals surface area (Å²) in [4.78, 5) is 11.5. The molecule has 1 amide bonds. The highest BCUT2D eigenvalue weighted by Gasteiger charge is 2.13. The first-order valence-corrected chi connectivity index (χ1v) is 5.73. The largest absolute Gasteiger partial charge is 0.481 e. The fraction of sp³-hybridized carbons (Fsp3) is 0.250. The summed E-state index contributed by atoms with van der Waals surface area (Å²) in [5.74, 6) is 0.521. The van der Waals surface area contributed by atoms with Crippen LogP contribution < -0.4 is 10.1 Å². The highest BCUT2D eigenvalue weighted by molar-refractivity contribution is 9.10. The van der Waals surface area contributed by atoms with E-state index in [0.29, 0.717) is 12.3 Å². The van der Waals surface area contributed by atoms with Gasteiger partial charge in [0, 0.05) is 11.0 Å². The number of carbonyl (C=O) groups is 1. The second-order valence-corrected chi connectivity index (χ2v) is 4.16. The van der Waals surface area contributed by atoms with Crippen LogP contribution in [0.15, 0.2) is 41.4 Å². The molecule has 0 aliphatic heterocycles. The van der Waals surface area contributed by atoms with Crippen molar-refractivity contribution in [2.75, 3.05) is 6.54 Å². The van der Waals surface area contributed by atoms with Gasteiger partial charge in [0.05, 0.1) is 0 Å². The summed E-state index contributed by atoms with van der Waals surface area (Å²) < 4.78 is 6.44. The van der Waals surface area contributed by atoms with E-state index < -0.39 is 6.10 Å². The van der Waals surface area contributed by atoms with Crippen molar-refractivity contribution in [1.82, 2.24) is 5.32 Å². The standard InChI is InChI=1S/C12H14BrNO2/c1-3-8-14-12(15)9(2)16-11-6-4-10(13)5-7-11/h3-7,9H,1,8H2,2H3,(H,14,15). The predicted molar refractivity (Wildman–Crippen MR) is 67.4 cm³/mol. The molecule has 3 nitrogen and oxygen atoms in total. The molecule has 4 heteroatoms. The van der Waals surface area contributed by atoms with Gasteiger partial charge in [0.15, 0.2) is 6.10 Å². The summed E-state index contributed by atoms with van der Waals surface area (Å²) in [7, 11) is 0. The van der Waals surface area contributed by atoms with Crippen LogP contribution in [0.2, 0.25) is 0 Å². The van der Waals surface area contributed by atoms with E-state index in [1.165, 1.54) is 0 Å². The third kappa shape index (κ3) is 4.06. The van der Waals surface area contributed by atoms with E-state index in [1.807, 2.05) is 12.1 Å². The van der Waals surface area contributed by atoms with Gasteiger partial charge in [0.25, 0.3) is 5.91 Å². The molecule has 1 rings (SSSR count). The Bertz CT molecular complexity index is 362. The zero-order valence-corrected chi connectivity index (χ0v) is 10.7. The number of ether oxygens (including phenoxy) is 1. The molecule has 0 aromatic heterocycles. The summed E-state index contributed by atoms with van der Waals surface area (Å²) >= 11 is 3.33. The molecule has 1 unspecified atom stereocenters. The predicted octanol–water partition coefficient (Wildman–Crippen LogP) is 2.52. The third-order valence-electron chi connectivity index (χ3n) is 1.92. The number of nitrogens with one attached hydrogen (secondary N) is 1. The number of halogens is 1. The third-order valence-corrected chi connectivity index (χ3v) is 2.45. The normalized spacial score (nSPS) is 11.6. The van der Waals surface area contributed by atoms with Crippen molar-refractivity contribution < 1.29 is 9.53 Å². The fourth-order valence-corrected chi connectivity index (χ4v) is 1.35. The lowest BCUT2D eigenvalue weighted by Crippen LogP contribution is -2.36. The molecular formula is C12H14BrNO2. The van der Waals surface area contributed by atoms with Crippen molar-refractivity contribution in [1.29, 1.82) is 0 Å². The van der Waals surface area contributed by atoms with Crippen LogP contribution in [-0.2, 0) is 4.79 Å². The van der Waals surface area contributed by atoms with Crippen molar-refractivity contribution in [3.8, 4) is 5.75 Å². The Balaban J connectivity index is 2.50. The van der Waals surface area contributed by atoms with Gasteiger partial charge < -0.3 is 10.1 Å². The summed E-state index contributed by atoms with van der Waals surface area (Å²) in [5, 5.41) is 2.67. The van der Waals surface area contributed by atoms with E-state index in [1.54, 1.807) is 25.1 Å². The quantitative estimate of drug-likeness (QED) is 0.844. The van der Waals surface area contributed by atoms with Crippen molar-refractivity contribution in [2.45, 2.75) is 13.0 Å². The van der Waals surface area contributed by atoms with Crippen LogP contribution in [0.25, 0.3) is 0 Å². The zero-order valence-electron chi connectivity index (χ0n) is 9.07. The molecular weight excluding hydrogens is 270 g/mol. The fourth-order valence-electron chi connectivity index (χ4n) is 1.09. The molecule has 1 aromatic rings. The SMILES string of the molecule is C=CCNC(=O)C(C)Oc1ccc(Br)cc1. The van der Waals surface area contributed by atoms with Gasteiger partial charge in [-0.1, -0.05) is 22.0 Å². The van der Waals surface area contributed by atoms with Crippen LogP contribution in [-0.4, -0.2) is 18.6 Å². The number of rotatable bonds is 5. The van der Waals surface area contributed by atoms with E-state index in [0.717, 1.165) is 4.47 Å². The van der Waals surface area contributed by atoms with E-state index >= 15 is 0 Å². The molecule has 86 valence electrons. The Hall–Kier alpha value is -1.29. The van der Waals surface area contributed by atoms with Crippen molar-refractivity contribution in [2.24, 2.45) is 0 Å². The van der Waals surface area contributed by atoms with E-state index in [2.05, 4.69) is 27.8 Å². The van der Waals surface area contributed by atoms with Crippen LogP contribution in [0.1, 0.15) is 6.92 Å². The number of benzene rings is 1. The van der Waals surface area contributed by atoms with Crippen molar-refractivity contribution in [3.63, 3.8) is 0 Å². The first kappa shape index (κ1) is 12.8. The smallest absolute Gasteiger partial charge is 0.261 e. The monoisotopic (exact) mass is 283 g/mol. The van der Waals surface area contributed by atoms with E-state index in [9.17, 15) is 4.79 Å². The number of amides is 1. The maximum Gasteiger partial charge on any atom is 0.261 e. The Kier molecular flexibility index (Phi) is 5.05. The molecule has 1 atom stereocenters. The van der Waals surface area contributed by atoms with Crippen LogP contribution in [0.5, 0.6) is 5.75 Å². The van der Waals surface area contributed by atoms with Gasteiger partial charge in [0.1, 0.15) is 5.75 Å². The highest BCUT2D eigenvalue weighted by Crippen LogP contribution is 2.17. The summed E-state index contributed by atoms with van der Waals surface area (Å²) in [6, 6.07) is 7.34. The van der Waals surface area contributed by atoms with Crippen molar-refractivity contribution >= 4 is 21.8 Å². The molecule has 0 saturated carbocycles. The topological polar surface area (TPSA) is 38.3 Å². The van der Waals surface area contributed by atoms with Crippen molar-refractivity contribution in [3.05, 3.63) is 41.4 Å². The minimum absolute atomic E-state index is 0.150. The minimum Gasteiger partial charge on any atom is -0.481 e. The van der Waals surface area contributed by atoms with E-state index in [4.69, 9.17) is 4.74 Å².